The molecule has 1 aliphatic heterocycles. The Morgan fingerprint density at radius 3 is 2.43 bits per heavy atom. The topological polar surface area (TPSA) is 84.9 Å². The van der Waals surface area contributed by atoms with Crippen molar-refractivity contribution in [1.29, 1.82) is 0 Å². The molecular formula is C21H22N2O5. The van der Waals surface area contributed by atoms with E-state index >= 15 is 0 Å². The Kier molecular flexibility index (Phi) is 6.39. The molecule has 7 heteroatoms. The molecule has 1 atom stereocenters. The Labute approximate surface area is 163 Å². The Bertz CT molecular complexity index is 847. The van der Waals surface area contributed by atoms with Crippen LogP contribution in [0.3, 0.4) is 0 Å². The minimum atomic E-state index is -1.05. The average molecular weight is 382 g/mol. The molecule has 0 unspecified atom stereocenters. The average Bonchev–Trinajstić information content (AvgIpc) is 2.72. The number of anilines is 1. The first-order chi connectivity index (χ1) is 13.5. The van der Waals surface area contributed by atoms with E-state index in [0.717, 1.165) is 0 Å². The Morgan fingerprint density at radius 1 is 1.04 bits per heavy atom. The van der Waals surface area contributed by atoms with Crippen molar-refractivity contribution in [3.8, 4) is 0 Å². The van der Waals surface area contributed by atoms with E-state index in [4.69, 9.17) is 9.47 Å². The zero-order chi connectivity index (χ0) is 19.9. The van der Waals surface area contributed by atoms with Crippen LogP contribution >= 0.6 is 0 Å². The number of rotatable bonds is 5. The van der Waals surface area contributed by atoms with E-state index in [1.165, 1.54) is 13.0 Å². The van der Waals surface area contributed by atoms with Crippen molar-refractivity contribution in [2.24, 2.45) is 0 Å². The molecule has 0 bridgehead atoms. The molecular weight excluding hydrogens is 360 g/mol. The van der Waals surface area contributed by atoms with E-state index < -0.39 is 12.1 Å². The lowest BCUT2D eigenvalue weighted by Gasteiger charge is -2.30. The highest BCUT2D eigenvalue weighted by molar-refractivity contribution is 5.95. The summed E-state index contributed by atoms with van der Waals surface area (Å²) in [6, 6.07) is 15.3. The molecule has 1 N–H and O–H groups in total. The summed E-state index contributed by atoms with van der Waals surface area (Å²) in [4.78, 5) is 38.6. The highest BCUT2D eigenvalue weighted by Crippen LogP contribution is 2.23. The fourth-order valence-electron chi connectivity index (χ4n) is 2.94. The fourth-order valence-corrected chi connectivity index (χ4v) is 2.94. The van der Waals surface area contributed by atoms with Crippen LogP contribution in [0.4, 0.5) is 5.69 Å². The van der Waals surface area contributed by atoms with E-state index in [0.29, 0.717) is 37.6 Å². The van der Waals surface area contributed by atoms with E-state index in [2.05, 4.69) is 5.32 Å². The van der Waals surface area contributed by atoms with Crippen LogP contribution < -0.4 is 5.32 Å². The SMILES string of the molecule is CC(=O)Nc1cccc(C(=O)O[C@@H](C(=O)N2CCOCC2)c2ccccc2)c1. The summed E-state index contributed by atoms with van der Waals surface area (Å²) in [6.45, 7) is 3.22. The van der Waals surface area contributed by atoms with Crippen molar-refractivity contribution in [2.75, 3.05) is 31.6 Å². The van der Waals surface area contributed by atoms with Gasteiger partial charge in [-0.3, -0.25) is 9.59 Å². The van der Waals surface area contributed by atoms with E-state index in [1.54, 1.807) is 47.4 Å². The van der Waals surface area contributed by atoms with Crippen LogP contribution in [0.2, 0.25) is 0 Å². The fraction of sp³-hybridized carbons (Fsp3) is 0.286. The van der Waals surface area contributed by atoms with Gasteiger partial charge in [-0.1, -0.05) is 36.4 Å². The van der Waals surface area contributed by atoms with Gasteiger partial charge in [0.05, 0.1) is 18.8 Å². The van der Waals surface area contributed by atoms with Gasteiger partial charge >= 0.3 is 5.97 Å². The predicted octanol–water partition coefficient (Wildman–Crippen LogP) is 2.40. The van der Waals surface area contributed by atoms with Gasteiger partial charge in [0.2, 0.25) is 12.0 Å². The highest BCUT2D eigenvalue weighted by atomic mass is 16.5. The molecule has 0 radical (unpaired) electrons. The number of carbonyl (C=O) groups excluding carboxylic acids is 3. The molecule has 0 aliphatic carbocycles. The van der Waals surface area contributed by atoms with Crippen molar-refractivity contribution in [3.63, 3.8) is 0 Å². The van der Waals surface area contributed by atoms with Crippen molar-refractivity contribution in [2.45, 2.75) is 13.0 Å². The van der Waals surface area contributed by atoms with E-state index in [1.807, 2.05) is 6.07 Å². The van der Waals surface area contributed by atoms with Crippen molar-refractivity contribution in [3.05, 3.63) is 65.7 Å². The minimum absolute atomic E-state index is 0.241. The van der Waals surface area contributed by atoms with Gasteiger partial charge in [-0.15, -0.1) is 0 Å². The third kappa shape index (κ3) is 4.95. The molecule has 146 valence electrons. The molecule has 1 aliphatic rings. The normalized spacial score (nSPS) is 14.8. The van der Waals surface area contributed by atoms with Crippen LogP contribution in [0.25, 0.3) is 0 Å². The smallest absolute Gasteiger partial charge is 0.339 e. The summed E-state index contributed by atoms with van der Waals surface area (Å²) >= 11 is 0. The molecule has 2 aromatic carbocycles. The summed E-state index contributed by atoms with van der Waals surface area (Å²) in [5, 5.41) is 2.62. The largest absolute Gasteiger partial charge is 0.444 e. The highest BCUT2D eigenvalue weighted by Gasteiger charge is 2.30. The van der Waals surface area contributed by atoms with Gasteiger partial charge in [0.25, 0.3) is 5.91 Å². The second-order valence-corrected chi connectivity index (χ2v) is 6.40. The number of benzene rings is 2. The monoisotopic (exact) mass is 382 g/mol. The number of esters is 1. The van der Waals surface area contributed by atoms with Gasteiger partial charge < -0.3 is 19.7 Å². The molecule has 0 aromatic heterocycles. The number of nitrogens with zero attached hydrogens (tertiary/aromatic N) is 1. The molecule has 2 aromatic rings. The molecule has 1 heterocycles. The Balaban J connectivity index is 1.82. The van der Waals surface area contributed by atoms with Crippen LogP contribution in [0.15, 0.2) is 54.6 Å². The second-order valence-electron chi connectivity index (χ2n) is 6.40. The number of nitrogens with one attached hydrogen (secondary N) is 1. The standard InChI is InChI=1S/C21H22N2O5/c1-15(24)22-18-9-5-8-17(14-18)21(26)28-19(16-6-3-2-4-7-16)20(25)23-10-12-27-13-11-23/h2-9,14,19H,10-13H2,1H3,(H,22,24)/t19-/m1/s1. The summed E-state index contributed by atoms with van der Waals surface area (Å²) in [6.07, 6.45) is -1.05. The van der Waals surface area contributed by atoms with Crippen LogP contribution in [0.5, 0.6) is 0 Å². The molecule has 28 heavy (non-hydrogen) atoms. The quantitative estimate of drug-likeness (QED) is 0.803. The van der Waals surface area contributed by atoms with Crippen LogP contribution in [0.1, 0.15) is 28.9 Å². The number of amides is 2. The third-order valence-corrected chi connectivity index (χ3v) is 4.29. The lowest BCUT2D eigenvalue weighted by atomic mass is 10.1. The zero-order valence-electron chi connectivity index (χ0n) is 15.6. The first-order valence-electron chi connectivity index (χ1n) is 9.05. The minimum Gasteiger partial charge on any atom is -0.444 e. The maximum absolute atomic E-state index is 13.0. The Hall–Kier alpha value is -3.19. The first kappa shape index (κ1) is 19.6. The maximum Gasteiger partial charge on any atom is 0.339 e. The van der Waals surface area contributed by atoms with E-state index in [-0.39, 0.29) is 17.4 Å². The number of hydrogen-bond donors (Lipinski definition) is 1. The van der Waals surface area contributed by atoms with Crippen LogP contribution in [-0.4, -0.2) is 49.0 Å². The molecule has 0 saturated carbocycles. The van der Waals surface area contributed by atoms with Gasteiger partial charge in [0.15, 0.2) is 0 Å². The van der Waals surface area contributed by atoms with Crippen molar-refractivity contribution in [1.82, 2.24) is 4.90 Å². The van der Waals surface area contributed by atoms with Crippen LogP contribution in [-0.2, 0) is 19.1 Å². The maximum atomic E-state index is 13.0. The summed E-state index contributed by atoms with van der Waals surface area (Å²) in [5.74, 6) is -1.15. The number of ether oxygens (including phenoxy) is 2. The summed E-state index contributed by atoms with van der Waals surface area (Å²) in [5.41, 5.74) is 1.34. The van der Waals surface area contributed by atoms with Gasteiger partial charge in [0, 0.05) is 31.3 Å². The molecule has 3 rings (SSSR count). The van der Waals surface area contributed by atoms with Gasteiger partial charge in [0.1, 0.15) is 0 Å². The van der Waals surface area contributed by atoms with Gasteiger partial charge in [-0.2, -0.15) is 0 Å². The molecule has 2 amide bonds. The van der Waals surface area contributed by atoms with E-state index in [9.17, 15) is 14.4 Å². The summed E-state index contributed by atoms with van der Waals surface area (Å²) < 4.78 is 10.9. The zero-order valence-corrected chi connectivity index (χ0v) is 15.6. The van der Waals surface area contributed by atoms with Crippen molar-refractivity contribution >= 4 is 23.5 Å². The second kappa shape index (κ2) is 9.14. The lowest BCUT2D eigenvalue weighted by molar-refractivity contribution is -0.145. The number of hydrogen-bond acceptors (Lipinski definition) is 5. The molecule has 7 nitrogen and oxygen atoms in total. The first-order valence-corrected chi connectivity index (χ1v) is 9.05. The van der Waals surface area contributed by atoms with Gasteiger partial charge in [-0.25, -0.2) is 4.79 Å². The number of carbonyl (C=O) groups is 3. The molecule has 1 saturated heterocycles. The lowest BCUT2D eigenvalue weighted by Crippen LogP contribution is -2.44. The molecule has 1 fully saturated rings. The van der Waals surface area contributed by atoms with Crippen molar-refractivity contribution < 1.29 is 23.9 Å². The Morgan fingerprint density at radius 2 is 1.75 bits per heavy atom. The van der Waals surface area contributed by atoms with Crippen LogP contribution in [0, 0.1) is 0 Å². The van der Waals surface area contributed by atoms with Gasteiger partial charge in [-0.05, 0) is 18.2 Å². The summed E-state index contributed by atoms with van der Waals surface area (Å²) in [7, 11) is 0. The number of morpholine rings is 1. The molecule has 0 spiro atoms. The third-order valence-electron chi connectivity index (χ3n) is 4.29. The predicted molar refractivity (Wildman–Crippen MR) is 103 cm³/mol.